The summed E-state index contributed by atoms with van der Waals surface area (Å²) >= 11 is 0. The minimum Gasteiger partial charge on any atom is -0.378 e. The number of carbonyl (C=O) groups is 1. The number of hydrogen-bond donors (Lipinski definition) is 1. The molecule has 0 aliphatic carbocycles. The van der Waals surface area contributed by atoms with Gasteiger partial charge in [-0.1, -0.05) is 90.5 Å². The Bertz CT molecular complexity index is 1040. The van der Waals surface area contributed by atoms with Crippen molar-refractivity contribution < 1.29 is 9.90 Å². The molecule has 1 aliphatic heterocycles. The molecule has 0 spiro atoms. The number of hydrogen-bond acceptors (Lipinski definition) is 2. The first-order valence-corrected chi connectivity index (χ1v) is 9.88. The maximum atomic E-state index is 13.5. The SMILES string of the molecule is C/C(=C1\C(=O)N(Cc2ccccc2)CC1(O)c1ccccc1)c1ccc(C)cc1. The van der Waals surface area contributed by atoms with Crippen LogP contribution in [0.3, 0.4) is 0 Å². The summed E-state index contributed by atoms with van der Waals surface area (Å²) in [5.41, 5.74) is 3.83. The van der Waals surface area contributed by atoms with Gasteiger partial charge in [-0.25, -0.2) is 0 Å². The third-order valence-electron chi connectivity index (χ3n) is 5.66. The van der Waals surface area contributed by atoms with Gasteiger partial charge in [0, 0.05) is 6.54 Å². The molecule has 1 unspecified atom stereocenters. The van der Waals surface area contributed by atoms with Crippen LogP contribution in [0.15, 0.2) is 90.5 Å². The van der Waals surface area contributed by atoms with E-state index in [9.17, 15) is 9.90 Å². The first kappa shape index (κ1) is 19.2. The molecule has 3 aromatic rings. The van der Waals surface area contributed by atoms with Crippen LogP contribution in [0, 0.1) is 6.92 Å². The van der Waals surface area contributed by atoms with Crippen LogP contribution >= 0.6 is 0 Å². The Morgan fingerprint density at radius 3 is 2.14 bits per heavy atom. The standard InChI is InChI=1S/C26H25NO2/c1-19-13-15-22(16-14-19)20(2)24-25(28)27(17-21-9-5-3-6-10-21)18-26(24,29)23-11-7-4-8-12-23/h3-16,29H,17-18H2,1-2H3/b24-20-. The molecule has 1 aliphatic rings. The van der Waals surface area contributed by atoms with E-state index in [1.54, 1.807) is 4.90 Å². The monoisotopic (exact) mass is 383 g/mol. The van der Waals surface area contributed by atoms with Crippen molar-refractivity contribution in [2.45, 2.75) is 26.0 Å². The van der Waals surface area contributed by atoms with E-state index in [1.807, 2.05) is 98.8 Å². The van der Waals surface area contributed by atoms with Gasteiger partial charge in [-0.05, 0) is 36.1 Å². The van der Waals surface area contributed by atoms with Gasteiger partial charge in [-0.15, -0.1) is 0 Å². The van der Waals surface area contributed by atoms with Gasteiger partial charge in [0.1, 0.15) is 5.60 Å². The second kappa shape index (κ2) is 7.69. The molecule has 1 fully saturated rings. The van der Waals surface area contributed by atoms with E-state index >= 15 is 0 Å². The van der Waals surface area contributed by atoms with Gasteiger partial charge >= 0.3 is 0 Å². The Balaban J connectivity index is 1.82. The maximum Gasteiger partial charge on any atom is 0.253 e. The zero-order valence-corrected chi connectivity index (χ0v) is 16.8. The van der Waals surface area contributed by atoms with Crippen LogP contribution in [0.4, 0.5) is 0 Å². The van der Waals surface area contributed by atoms with E-state index in [0.29, 0.717) is 12.1 Å². The Hall–Kier alpha value is -3.17. The number of rotatable bonds is 4. The molecule has 1 amide bonds. The van der Waals surface area contributed by atoms with E-state index in [1.165, 1.54) is 0 Å². The largest absolute Gasteiger partial charge is 0.378 e. The number of allylic oxidation sites excluding steroid dienone is 1. The lowest BCUT2D eigenvalue weighted by atomic mass is 9.84. The Kier molecular flexibility index (Phi) is 5.08. The molecular weight excluding hydrogens is 358 g/mol. The number of β-amino-alcohol motifs (C(OH)–C–C–N with tert-alkyl or cyclic N) is 1. The van der Waals surface area contributed by atoms with Gasteiger partial charge in [0.05, 0.1) is 12.1 Å². The summed E-state index contributed by atoms with van der Waals surface area (Å²) in [6.07, 6.45) is 0. The topological polar surface area (TPSA) is 40.5 Å². The molecule has 1 atom stereocenters. The molecule has 3 aromatic carbocycles. The van der Waals surface area contributed by atoms with E-state index in [-0.39, 0.29) is 12.5 Å². The molecule has 29 heavy (non-hydrogen) atoms. The van der Waals surface area contributed by atoms with Crippen molar-refractivity contribution >= 4 is 11.5 Å². The zero-order chi connectivity index (χ0) is 20.4. The molecule has 146 valence electrons. The van der Waals surface area contributed by atoms with Crippen molar-refractivity contribution in [3.8, 4) is 0 Å². The fourth-order valence-electron chi connectivity index (χ4n) is 4.06. The molecule has 0 bridgehead atoms. The molecule has 0 radical (unpaired) electrons. The van der Waals surface area contributed by atoms with Crippen molar-refractivity contribution in [1.82, 2.24) is 4.90 Å². The predicted octanol–water partition coefficient (Wildman–Crippen LogP) is 4.70. The van der Waals surface area contributed by atoms with Crippen LogP contribution in [0.1, 0.15) is 29.2 Å². The van der Waals surface area contributed by atoms with Crippen LogP contribution in [-0.2, 0) is 16.9 Å². The maximum absolute atomic E-state index is 13.5. The predicted molar refractivity (Wildman–Crippen MR) is 116 cm³/mol. The second-order valence-corrected chi connectivity index (χ2v) is 7.74. The third-order valence-corrected chi connectivity index (χ3v) is 5.66. The summed E-state index contributed by atoms with van der Waals surface area (Å²) in [6.45, 7) is 4.68. The fourth-order valence-corrected chi connectivity index (χ4v) is 4.06. The molecule has 1 N–H and O–H groups in total. The van der Waals surface area contributed by atoms with Gasteiger partial charge in [-0.3, -0.25) is 4.79 Å². The normalized spacial score (nSPS) is 20.8. The number of aryl methyl sites for hydroxylation is 1. The van der Waals surface area contributed by atoms with Crippen molar-refractivity contribution in [1.29, 1.82) is 0 Å². The lowest BCUT2D eigenvalue weighted by molar-refractivity contribution is -0.125. The van der Waals surface area contributed by atoms with E-state index < -0.39 is 5.60 Å². The summed E-state index contributed by atoms with van der Waals surface area (Å²) in [6, 6.07) is 27.5. The van der Waals surface area contributed by atoms with Gasteiger partial charge in [0.2, 0.25) is 0 Å². The van der Waals surface area contributed by atoms with Crippen LogP contribution < -0.4 is 0 Å². The molecular formula is C26H25NO2. The number of carbonyl (C=O) groups excluding carboxylic acids is 1. The van der Waals surface area contributed by atoms with Crippen molar-refractivity contribution in [3.63, 3.8) is 0 Å². The average molecular weight is 383 g/mol. The van der Waals surface area contributed by atoms with Crippen LogP contribution in [0.5, 0.6) is 0 Å². The smallest absolute Gasteiger partial charge is 0.253 e. The first-order chi connectivity index (χ1) is 14.0. The van der Waals surface area contributed by atoms with E-state index in [4.69, 9.17) is 0 Å². The molecule has 0 saturated carbocycles. The highest BCUT2D eigenvalue weighted by Gasteiger charge is 2.49. The van der Waals surface area contributed by atoms with E-state index in [0.717, 1.165) is 27.8 Å². The molecule has 3 nitrogen and oxygen atoms in total. The molecule has 3 heteroatoms. The highest BCUT2D eigenvalue weighted by molar-refractivity contribution is 6.05. The Morgan fingerprint density at radius 2 is 1.52 bits per heavy atom. The van der Waals surface area contributed by atoms with E-state index in [2.05, 4.69) is 0 Å². The summed E-state index contributed by atoms with van der Waals surface area (Å²) < 4.78 is 0. The third kappa shape index (κ3) is 3.62. The average Bonchev–Trinajstić information content (AvgIpc) is 3.00. The van der Waals surface area contributed by atoms with Gasteiger partial charge in [0.15, 0.2) is 0 Å². The first-order valence-electron chi connectivity index (χ1n) is 9.88. The van der Waals surface area contributed by atoms with Gasteiger partial charge in [-0.2, -0.15) is 0 Å². The highest BCUT2D eigenvalue weighted by atomic mass is 16.3. The summed E-state index contributed by atoms with van der Waals surface area (Å²) in [5.74, 6) is -0.113. The van der Waals surface area contributed by atoms with Crippen molar-refractivity contribution in [2.24, 2.45) is 0 Å². The van der Waals surface area contributed by atoms with Crippen LogP contribution in [0.25, 0.3) is 5.57 Å². The van der Waals surface area contributed by atoms with Gasteiger partial charge in [0.25, 0.3) is 5.91 Å². The zero-order valence-electron chi connectivity index (χ0n) is 16.8. The number of likely N-dealkylation sites (tertiary alicyclic amines) is 1. The van der Waals surface area contributed by atoms with Crippen LogP contribution in [0.2, 0.25) is 0 Å². The number of aliphatic hydroxyl groups is 1. The molecule has 1 heterocycles. The minimum atomic E-state index is -1.35. The van der Waals surface area contributed by atoms with Crippen molar-refractivity contribution in [2.75, 3.05) is 6.54 Å². The quantitative estimate of drug-likeness (QED) is 0.664. The molecule has 0 aromatic heterocycles. The Labute approximate surface area is 171 Å². The summed E-state index contributed by atoms with van der Waals surface area (Å²) in [5, 5.41) is 11.8. The summed E-state index contributed by atoms with van der Waals surface area (Å²) in [7, 11) is 0. The molecule has 4 rings (SSSR count). The van der Waals surface area contributed by atoms with Crippen molar-refractivity contribution in [3.05, 3.63) is 113 Å². The highest BCUT2D eigenvalue weighted by Crippen LogP contribution is 2.42. The van der Waals surface area contributed by atoms with Crippen LogP contribution in [-0.4, -0.2) is 22.5 Å². The number of benzene rings is 3. The number of amides is 1. The second-order valence-electron chi connectivity index (χ2n) is 7.74. The lowest BCUT2D eigenvalue weighted by Gasteiger charge is -2.25. The summed E-state index contributed by atoms with van der Waals surface area (Å²) in [4.78, 5) is 15.2. The van der Waals surface area contributed by atoms with Gasteiger partial charge < -0.3 is 10.0 Å². The minimum absolute atomic E-state index is 0.113. The number of nitrogens with zero attached hydrogens (tertiary/aromatic N) is 1. The molecule has 1 saturated heterocycles. The Morgan fingerprint density at radius 1 is 0.931 bits per heavy atom. The lowest BCUT2D eigenvalue weighted by Crippen LogP contribution is -2.32. The fraction of sp³-hybridized carbons (Fsp3) is 0.192.